The Morgan fingerprint density at radius 2 is 0.574 bits per heavy atom. The number of hydrogen-bond donors (Lipinski definition) is 0. The van der Waals surface area contributed by atoms with Crippen LogP contribution in [0.25, 0.3) is 270 Å². The maximum Gasteiger partial charge on any atom is 0.164 e. The summed E-state index contributed by atoms with van der Waals surface area (Å²) >= 11 is 10.0. The van der Waals surface area contributed by atoms with Gasteiger partial charge in [-0.2, -0.15) is 5.26 Å². The SMILES string of the molecule is N#Cc1ccc2c(c1)c1ccccc1n2-c1cccc(-c2cc(-c3nc4ccccc4s3)cc(-c3nc4cc(-c5ccc6nc(-c7cc(-c8cccc(-n9c%10ccccc%10c%10cccnc%109)c8)cc(-c8nc9cc(-c%10ccc%11nc(-c%12cc(-c%13cccc(-c%14nc(-c%15ccccc%15)nc(-c%15ccccc%15)n%14)c%13)cc(-c%13nc%14ccccc%14s%13)n%12)sc%11c%10)ccc9s8)c7)sc6c5)ccc4s3)c2)c1. The van der Waals surface area contributed by atoms with Crippen molar-refractivity contribution in [2.45, 2.75) is 0 Å². The summed E-state index contributed by atoms with van der Waals surface area (Å²) in [4.78, 5) is 57.7. The van der Waals surface area contributed by atoms with Crippen molar-refractivity contribution in [2.75, 3.05) is 0 Å². The summed E-state index contributed by atoms with van der Waals surface area (Å²) in [6.45, 7) is 0. The van der Waals surface area contributed by atoms with Gasteiger partial charge in [-0.25, -0.2) is 54.8 Å². The van der Waals surface area contributed by atoms with E-state index in [1.54, 1.807) is 68.0 Å². The second kappa shape index (κ2) is 32.3. The molecule has 0 N–H and O–H groups in total. The van der Waals surface area contributed by atoms with Gasteiger partial charge in [0.15, 0.2) is 17.5 Å². The number of aromatic nitrogens is 13. The lowest BCUT2D eigenvalue weighted by Gasteiger charge is -2.12. The zero-order valence-corrected chi connectivity index (χ0v) is 76.6. The Balaban J connectivity index is 0.523. The van der Waals surface area contributed by atoms with Crippen molar-refractivity contribution < 1.29 is 0 Å². The van der Waals surface area contributed by atoms with E-state index >= 15 is 0 Å². The van der Waals surface area contributed by atoms with Gasteiger partial charge in [0.25, 0.3) is 0 Å². The molecule has 20 heteroatoms. The van der Waals surface area contributed by atoms with Crippen LogP contribution < -0.4 is 0 Å². The highest BCUT2D eigenvalue weighted by Gasteiger charge is 2.25. The largest absolute Gasteiger partial charge is 0.309 e. The molecule has 27 rings (SSSR count). The molecule has 0 amide bonds. The Morgan fingerprint density at radius 1 is 0.206 bits per heavy atom. The van der Waals surface area contributed by atoms with Gasteiger partial charge in [0.1, 0.15) is 47.1 Å². The van der Waals surface area contributed by atoms with Crippen LogP contribution in [-0.4, -0.2) is 64.0 Å². The maximum atomic E-state index is 9.94. The fourth-order valence-corrected chi connectivity index (χ4v) is 24.4. The molecular formula is C116H64N14S6. The first-order valence-electron chi connectivity index (χ1n) is 44.3. The van der Waals surface area contributed by atoms with E-state index in [0.29, 0.717) is 23.0 Å². The third-order valence-corrected chi connectivity index (χ3v) is 31.6. The third-order valence-electron chi connectivity index (χ3n) is 25.2. The van der Waals surface area contributed by atoms with Gasteiger partial charge in [-0.05, 0) is 250 Å². The van der Waals surface area contributed by atoms with Crippen molar-refractivity contribution in [3.05, 3.63) is 394 Å². The number of nitrogens with zero attached hydrogens (tertiary/aromatic N) is 14. The quantitative estimate of drug-likeness (QED) is 0.0896. The van der Waals surface area contributed by atoms with E-state index in [1.807, 2.05) is 97.2 Å². The van der Waals surface area contributed by atoms with Crippen molar-refractivity contribution in [1.29, 1.82) is 5.26 Å². The number of benzene rings is 16. The minimum Gasteiger partial charge on any atom is -0.309 e. The van der Waals surface area contributed by atoms with Crippen molar-refractivity contribution in [2.24, 2.45) is 0 Å². The number of rotatable bonds is 16. The molecular weight excluding hydrogens is 1780 g/mol. The minimum absolute atomic E-state index is 0.572. The first-order valence-corrected chi connectivity index (χ1v) is 49.2. The van der Waals surface area contributed by atoms with E-state index in [0.717, 1.165) is 252 Å². The normalized spacial score (nSPS) is 11.8. The van der Waals surface area contributed by atoms with Crippen LogP contribution in [0, 0.1) is 11.3 Å². The van der Waals surface area contributed by atoms with Crippen LogP contribution in [0.4, 0.5) is 0 Å². The van der Waals surface area contributed by atoms with Crippen LogP contribution >= 0.6 is 68.0 Å². The molecule has 0 spiro atoms. The molecule has 0 bridgehead atoms. The van der Waals surface area contributed by atoms with E-state index in [9.17, 15) is 5.26 Å². The molecule has 0 aliphatic rings. The number of pyridine rings is 2. The highest BCUT2D eigenvalue weighted by atomic mass is 32.1. The lowest BCUT2D eigenvalue weighted by molar-refractivity contribution is 1.07. The van der Waals surface area contributed by atoms with E-state index in [2.05, 4.69) is 306 Å². The summed E-state index contributed by atoms with van der Waals surface area (Å²) in [5.41, 5.74) is 30.9. The smallest absolute Gasteiger partial charge is 0.164 e. The fraction of sp³-hybridized carbons (Fsp3) is 0. The van der Waals surface area contributed by atoms with Crippen molar-refractivity contribution >= 4 is 173 Å². The van der Waals surface area contributed by atoms with Crippen LogP contribution in [0.1, 0.15) is 5.56 Å². The summed E-state index contributed by atoms with van der Waals surface area (Å²) < 4.78 is 11.1. The molecule has 0 atom stereocenters. The molecule has 0 aliphatic carbocycles. The topological polar surface area (TPSA) is 175 Å². The summed E-state index contributed by atoms with van der Waals surface area (Å²) in [5.74, 6) is 1.77. The highest BCUT2D eigenvalue weighted by molar-refractivity contribution is 7.23. The molecule has 11 heterocycles. The third kappa shape index (κ3) is 14.1. The molecule has 136 heavy (non-hydrogen) atoms. The van der Waals surface area contributed by atoms with Gasteiger partial charge in [0.2, 0.25) is 0 Å². The molecule has 16 aromatic carbocycles. The second-order valence-corrected chi connectivity index (χ2v) is 39.8. The molecule has 27 aromatic rings. The van der Waals surface area contributed by atoms with E-state index < -0.39 is 0 Å². The van der Waals surface area contributed by atoms with Crippen molar-refractivity contribution in [1.82, 2.24) is 64.0 Å². The molecule has 0 radical (unpaired) electrons. The number of nitriles is 1. The van der Waals surface area contributed by atoms with E-state index in [1.165, 1.54) is 0 Å². The van der Waals surface area contributed by atoms with Gasteiger partial charge in [-0.1, -0.05) is 188 Å². The Bertz CT molecular complexity index is 9450. The maximum absolute atomic E-state index is 9.94. The predicted molar refractivity (Wildman–Crippen MR) is 564 cm³/mol. The molecule has 0 saturated heterocycles. The first-order chi connectivity index (χ1) is 67.2. The van der Waals surface area contributed by atoms with Gasteiger partial charge in [-0.3, -0.25) is 4.57 Å². The average molecular weight is 1850 g/mol. The van der Waals surface area contributed by atoms with Gasteiger partial charge >= 0.3 is 0 Å². The van der Waals surface area contributed by atoms with Crippen LogP contribution in [-0.2, 0) is 0 Å². The summed E-state index contributed by atoms with van der Waals surface area (Å²) in [5, 5.41) is 19.6. The number of hydrogen-bond acceptors (Lipinski definition) is 18. The van der Waals surface area contributed by atoms with Crippen LogP contribution in [0.2, 0.25) is 0 Å². The summed E-state index contributed by atoms with van der Waals surface area (Å²) in [6.07, 6.45) is 1.88. The molecule has 0 aliphatic heterocycles. The average Bonchev–Trinajstić information content (AvgIpc) is 1.56. The fourth-order valence-electron chi connectivity index (χ4n) is 18.7. The lowest BCUT2D eigenvalue weighted by Crippen LogP contribution is -2.00. The zero-order valence-electron chi connectivity index (χ0n) is 71.7. The molecule has 14 nitrogen and oxygen atoms in total. The Hall–Kier alpha value is -16.7. The monoisotopic (exact) mass is 1840 g/mol. The molecule has 11 aromatic heterocycles. The van der Waals surface area contributed by atoms with Gasteiger partial charge in [-0.15, -0.1) is 68.0 Å². The first kappa shape index (κ1) is 79.0. The van der Waals surface area contributed by atoms with E-state index in [4.69, 9.17) is 54.8 Å². The Morgan fingerprint density at radius 3 is 1.12 bits per heavy atom. The van der Waals surface area contributed by atoms with Crippen LogP contribution in [0.5, 0.6) is 0 Å². The Labute approximate surface area is 800 Å². The molecule has 0 fully saturated rings. The van der Waals surface area contributed by atoms with Gasteiger partial charge in [0.05, 0.1) is 89.5 Å². The van der Waals surface area contributed by atoms with Gasteiger partial charge in [0, 0.05) is 78.1 Å². The lowest BCUT2D eigenvalue weighted by atomic mass is 9.99. The predicted octanol–water partition coefficient (Wildman–Crippen LogP) is 31.7. The summed E-state index contributed by atoms with van der Waals surface area (Å²) in [7, 11) is 0. The van der Waals surface area contributed by atoms with E-state index in [-0.39, 0.29) is 0 Å². The second-order valence-electron chi connectivity index (χ2n) is 33.6. The zero-order chi connectivity index (χ0) is 89.6. The molecule has 0 unspecified atom stereocenters. The Kier molecular flexibility index (Phi) is 18.8. The van der Waals surface area contributed by atoms with Crippen molar-refractivity contribution in [3.63, 3.8) is 0 Å². The van der Waals surface area contributed by atoms with Crippen LogP contribution in [0.3, 0.4) is 0 Å². The number of thiazole rings is 6. The number of fused-ring (bicyclic) bond motifs is 12. The standard InChI is InChI=1S/C116H64N14S6/c117-65-66-38-45-100-89(49-66)87-30-8-11-34-98(87)129(100)84-27-16-24-70(57-84)77-51-80(111-120-90-32-9-13-36-101(90)131-111)55-82(53-77)113-124-94-59-72(41-46-103(94)132-113)74-39-43-92-105(63-74)135-112(121-92)81-52-78(71-25-17-28-85(58-71)130-99-35-12-7-29-86(99)88-31-18-48-118-110(88)130)54-83(56-81)114-125-95-60-73(42-47-104(95)133-114)75-40-44-93-106(64-75)136-116(123-93)97-62-79(61-96(119-97)115-122-91-33-10-14-37-102(91)134-115)69-23-15-26-76(50-69)109-127-107(67-19-3-1-4-20-67)126-108(128-109)68-21-5-2-6-22-68/h1-64H. The van der Waals surface area contributed by atoms with Gasteiger partial charge < -0.3 is 4.57 Å². The molecule has 0 saturated carbocycles. The highest BCUT2D eigenvalue weighted by Crippen LogP contribution is 2.47. The summed E-state index contributed by atoms with van der Waals surface area (Å²) in [6, 6.07) is 137. The van der Waals surface area contributed by atoms with Crippen LogP contribution in [0.15, 0.2) is 388 Å². The molecule has 634 valence electrons. The minimum atomic E-state index is 0.572. The van der Waals surface area contributed by atoms with Crippen molar-refractivity contribution in [3.8, 4) is 171 Å². The number of para-hydroxylation sites is 4.